The van der Waals surface area contributed by atoms with Crippen LogP contribution < -0.4 is 16.6 Å². The third-order valence-corrected chi connectivity index (χ3v) is 2.78. The summed E-state index contributed by atoms with van der Waals surface area (Å²) in [6.07, 6.45) is 6.60. The molecule has 1 rings (SSSR count). The number of hydrogen-bond donors (Lipinski definition) is 3. The van der Waals surface area contributed by atoms with Crippen molar-refractivity contribution in [2.24, 2.45) is 5.84 Å². The fraction of sp³-hybridized carbons (Fsp3) is 0.600. The molecule has 6 heteroatoms. The van der Waals surface area contributed by atoms with Crippen molar-refractivity contribution in [3.05, 3.63) is 10.7 Å². The summed E-state index contributed by atoms with van der Waals surface area (Å²) in [5.41, 5.74) is 2.42. The fourth-order valence-electron chi connectivity index (χ4n) is 1.32. The molecule has 0 aliphatic rings. The van der Waals surface area contributed by atoms with Crippen LogP contribution in [0.25, 0.3) is 0 Å². The molecule has 1 heterocycles. The highest BCUT2D eigenvalue weighted by Crippen LogP contribution is 2.19. The largest absolute Gasteiger partial charge is 0.369 e. The maximum Gasteiger partial charge on any atom is 0.239 e. The van der Waals surface area contributed by atoms with Gasteiger partial charge >= 0.3 is 0 Å². The van der Waals surface area contributed by atoms with E-state index in [9.17, 15) is 0 Å². The number of hydrogen-bond acceptors (Lipinski definition) is 5. The highest BCUT2D eigenvalue weighted by atomic mass is 79.9. The molecule has 0 aromatic carbocycles. The molecule has 0 bridgehead atoms. The molecule has 1 aromatic rings. The first kappa shape index (κ1) is 13.2. The summed E-state index contributed by atoms with van der Waals surface area (Å²) in [7, 11) is 0. The van der Waals surface area contributed by atoms with Gasteiger partial charge in [0.1, 0.15) is 5.82 Å². The Kier molecular flexibility index (Phi) is 6.10. The van der Waals surface area contributed by atoms with Crippen LogP contribution in [0.2, 0.25) is 0 Å². The lowest BCUT2D eigenvalue weighted by Gasteiger charge is -2.08. The van der Waals surface area contributed by atoms with E-state index in [0.717, 1.165) is 23.3 Å². The average molecular weight is 288 g/mol. The van der Waals surface area contributed by atoms with E-state index in [2.05, 4.69) is 43.6 Å². The smallest absolute Gasteiger partial charge is 0.239 e. The van der Waals surface area contributed by atoms with Crippen LogP contribution in [0.15, 0.2) is 10.7 Å². The van der Waals surface area contributed by atoms with Crippen molar-refractivity contribution in [1.29, 1.82) is 0 Å². The van der Waals surface area contributed by atoms with Gasteiger partial charge in [0.15, 0.2) is 0 Å². The van der Waals surface area contributed by atoms with E-state index in [-0.39, 0.29) is 0 Å². The molecule has 0 saturated carbocycles. The van der Waals surface area contributed by atoms with Crippen LogP contribution in [0.1, 0.15) is 32.6 Å². The second-order valence-corrected chi connectivity index (χ2v) is 4.38. The maximum absolute atomic E-state index is 5.25. The number of anilines is 2. The number of unbranched alkanes of at least 4 members (excludes halogenated alkanes) is 3. The van der Waals surface area contributed by atoms with Gasteiger partial charge in [-0.3, -0.25) is 5.43 Å². The number of hydrazine groups is 1. The first-order valence-electron chi connectivity index (χ1n) is 5.51. The highest BCUT2D eigenvalue weighted by Gasteiger charge is 2.02. The summed E-state index contributed by atoms with van der Waals surface area (Å²) in [4.78, 5) is 8.18. The fourth-order valence-corrected chi connectivity index (χ4v) is 1.65. The van der Waals surface area contributed by atoms with Gasteiger partial charge in [-0.2, -0.15) is 4.98 Å². The summed E-state index contributed by atoms with van der Waals surface area (Å²) in [5.74, 6) is 6.44. The Morgan fingerprint density at radius 3 is 2.88 bits per heavy atom. The van der Waals surface area contributed by atoms with Crippen molar-refractivity contribution in [3.63, 3.8) is 0 Å². The van der Waals surface area contributed by atoms with Crippen LogP contribution in [-0.4, -0.2) is 16.5 Å². The quantitative estimate of drug-likeness (QED) is 0.408. The second-order valence-electron chi connectivity index (χ2n) is 3.52. The van der Waals surface area contributed by atoms with Gasteiger partial charge in [0.05, 0.1) is 4.47 Å². The standard InChI is InChI=1S/C10H18BrN5/c1-2-3-4-5-6-13-9-8(11)7-14-10(15-9)16-12/h7H,2-6,12H2,1H3,(H2,13,14,15,16). The Morgan fingerprint density at radius 1 is 1.38 bits per heavy atom. The summed E-state index contributed by atoms with van der Waals surface area (Å²) < 4.78 is 0.849. The lowest BCUT2D eigenvalue weighted by molar-refractivity contribution is 0.684. The third-order valence-electron chi connectivity index (χ3n) is 2.20. The van der Waals surface area contributed by atoms with Gasteiger partial charge in [-0.1, -0.05) is 26.2 Å². The Morgan fingerprint density at radius 2 is 2.19 bits per heavy atom. The van der Waals surface area contributed by atoms with Gasteiger partial charge < -0.3 is 5.32 Å². The molecule has 0 spiro atoms. The number of nitrogens with zero attached hydrogens (tertiary/aromatic N) is 2. The number of rotatable bonds is 7. The Hall–Kier alpha value is -0.880. The minimum atomic E-state index is 0.416. The molecule has 0 atom stereocenters. The van der Waals surface area contributed by atoms with Crippen LogP contribution in [0.5, 0.6) is 0 Å². The number of nitrogens with two attached hydrogens (primary N) is 1. The topological polar surface area (TPSA) is 75.9 Å². The monoisotopic (exact) mass is 287 g/mol. The van der Waals surface area contributed by atoms with E-state index in [1.54, 1.807) is 6.20 Å². The van der Waals surface area contributed by atoms with E-state index in [1.165, 1.54) is 19.3 Å². The summed E-state index contributed by atoms with van der Waals surface area (Å²) >= 11 is 3.39. The van der Waals surface area contributed by atoms with Crippen molar-refractivity contribution in [2.45, 2.75) is 32.6 Å². The van der Waals surface area contributed by atoms with Gasteiger partial charge in [-0.05, 0) is 22.4 Å². The van der Waals surface area contributed by atoms with Crippen molar-refractivity contribution in [3.8, 4) is 0 Å². The number of halogens is 1. The zero-order valence-electron chi connectivity index (χ0n) is 9.46. The molecule has 0 fully saturated rings. The molecule has 16 heavy (non-hydrogen) atoms. The van der Waals surface area contributed by atoms with Gasteiger partial charge in [-0.25, -0.2) is 10.8 Å². The molecule has 1 aromatic heterocycles. The molecular weight excluding hydrogens is 270 g/mol. The third kappa shape index (κ3) is 4.32. The summed E-state index contributed by atoms with van der Waals surface area (Å²) in [6.45, 7) is 3.12. The maximum atomic E-state index is 5.25. The average Bonchev–Trinajstić information content (AvgIpc) is 2.31. The summed E-state index contributed by atoms with van der Waals surface area (Å²) in [6, 6.07) is 0. The Balaban J connectivity index is 2.40. The molecule has 0 saturated heterocycles. The first-order chi connectivity index (χ1) is 7.77. The van der Waals surface area contributed by atoms with Crippen molar-refractivity contribution in [1.82, 2.24) is 9.97 Å². The molecule has 0 radical (unpaired) electrons. The highest BCUT2D eigenvalue weighted by molar-refractivity contribution is 9.10. The molecule has 0 unspecified atom stereocenters. The van der Waals surface area contributed by atoms with Crippen LogP contribution in [0, 0.1) is 0 Å². The Labute approximate surface area is 104 Å². The van der Waals surface area contributed by atoms with E-state index in [0.29, 0.717) is 5.95 Å². The molecule has 0 amide bonds. The lowest BCUT2D eigenvalue weighted by Crippen LogP contribution is -2.12. The van der Waals surface area contributed by atoms with Crippen LogP contribution in [0.3, 0.4) is 0 Å². The minimum absolute atomic E-state index is 0.416. The predicted octanol–water partition coefficient (Wildman–Crippen LogP) is 2.52. The molecular formula is C10H18BrN5. The van der Waals surface area contributed by atoms with E-state index < -0.39 is 0 Å². The van der Waals surface area contributed by atoms with Gasteiger partial charge in [0.25, 0.3) is 0 Å². The molecule has 4 N–H and O–H groups in total. The Bertz CT molecular complexity index is 318. The van der Waals surface area contributed by atoms with E-state index in [1.807, 2.05) is 0 Å². The SMILES string of the molecule is CCCCCCNc1nc(NN)ncc1Br. The van der Waals surface area contributed by atoms with Crippen molar-refractivity contribution in [2.75, 3.05) is 17.3 Å². The summed E-state index contributed by atoms with van der Waals surface area (Å²) in [5, 5.41) is 3.25. The molecule has 0 aliphatic heterocycles. The number of nitrogen functional groups attached to an aromatic ring is 1. The number of aromatic nitrogens is 2. The second kappa shape index (κ2) is 7.40. The normalized spacial score (nSPS) is 10.2. The van der Waals surface area contributed by atoms with Crippen molar-refractivity contribution < 1.29 is 0 Å². The first-order valence-corrected chi connectivity index (χ1v) is 6.30. The lowest BCUT2D eigenvalue weighted by atomic mass is 10.2. The van der Waals surface area contributed by atoms with E-state index >= 15 is 0 Å². The zero-order chi connectivity index (χ0) is 11.8. The molecule has 5 nitrogen and oxygen atoms in total. The number of nitrogens with one attached hydrogen (secondary N) is 2. The van der Waals surface area contributed by atoms with E-state index in [4.69, 9.17) is 5.84 Å². The van der Waals surface area contributed by atoms with Crippen LogP contribution in [-0.2, 0) is 0 Å². The van der Waals surface area contributed by atoms with Crippen LogP contribution >= 0.6 is 15.9 Å². The van der Waals surface area contributed by atoms with Crippen LogP contribution in [0.4, 0.5) is 11.8 Å². The zero-order valence-corrected chi connectivity index (χ0v) is 11.0. The van der Waals surface area contributed by atoms with Gasteiger partial charge in [-0.15, -0.1) is 0 Å². The molecule has 90 valence electrons. The van der Waals surface area contributed by atoms with Crippen molar-refractivity contribution >= 4 is 27.7 Å². The molecule has 0 aliphatic carbocycles. The van der Waals surface area contributed by atoms with Gasteiger partial charge in [0, 0.05) is 12.7 Å². The van der Waals surface area contributed by atoms with Gasteiger partial charge in [0.2, 0.25) is 5.95 Å². The minimum Gasteiger partial charge on any atom is -0.369 e. The predicted molar refractivity (Wildman–Crippen MR) is 70.2 cm³/mol.